The summed E-state index contributed by atoms with van der Waals surface area (Å²) in [6.07, 6.45) is -10.6. The van der Waals surface area contributed by atoms with E-state index < -0.39 is 70.7 Å². The Morgan fingerprint density at radius 2 is 1.65 bits per heavy atom. The number of halogens is 8. The second kappa shape index (κ2) is 11.3. The Bertz CT molecular complexity index is 1740. The van der Waals surface area contributed by atoms with Gasteiger partial charge >= 0.3 is 12.5 Å². The van der Waals surface area contributed by atoms with Crippen molar-refractivity contribution in [3.63, 3.8) is 0 Å². The molecule has 0 fully saturated rings. The van der Waals surface area contributed by atoms with E-state index in [0.717, 1.165) is 42.1 Å². The summed E-state index contributed by atoms with van der Waals surface area (Å²) in [5.74, 6) is -3.00. The fourth-order valence-electron chi connectivity index (χ4n) is 5.29. The number of hydrogen-bond donors (Lipinski definition) is 1. The van der Waals surface area contributed by atoms with Gasteiger partial charge in [-0.3, -0.25) is 9.36 Å². The first-order valence-corrected chi connectivity index (χ1v) is 13.8. The maximum atomic E-state index is 15.4. The van der Waals surface area contributed by atoms with Crippen molar-refractivity contribution in [3.8, 4) is 16.9 Å². The average molecular weight is 627 g/mol. The Balaban J connectivity index is 1.74. The molecule has 43 heavy (non-hydrogen) atoms. The molecule has 0 bridgehead atoms. The average Bonchev–Trinajstić information content (AvgIpc) is 3.37. The van der Waals surface area contributed by atoms with Crippen molar-refractivity contribution >= 4 is 11.8 Å². The standard InChI is InChI=1S/C30H22F8N2O2S/c1-15-19(13-20-21(29(33,34)35)8-5-9-22(20)31)28-40(24(14-43-28)26(39)16-6-3-2-4-7-16)27(41)25(15)18-11-10-17(12-23(18)32)42-30(36,37)38/h2-12,24,26H,13-14,39H2,1H3. The number of fused-ring (bicyclic) bond motifs is 1. The van der Waals surface area contributed by atoms with Crippen molar-refractivity contribution in [2.24, 2.45) is 5.73 Å². The molecular formula is C30H22F8N2O2S. The molecule has 13 heteroatoms. The van der Waals surface area contributed by atoms with Crippen LogP contribution < -0.4 is 16.0 Å². The van der Waals surface area contributed by atoms with Crippen molar-refractivity contribution in [2.75, 3.05) is 5.75 Å². The fourth-order valence-corrected chi connectivity index (χ4v) is 6.73. The minimum Gasteiger partial charge on any atom is -0.406 e. The third-order valence-corrected chi connectivity index (χ3v) is 8.50. The summed E-state index contributed by atoms with van der Waals surface area (Å²) in [5, 5.41) is 0.247. The summed E-state index contributed by atoms with van der Waals surface area (Å²) in [7, 11) is 0. The summed E-state index contributed by atoms with van der Waals surface area (Å²) in [6.45, 7) is 1.38. The predicted octanol–water partition coefficient (Wildman–Crippen LogP) is 7.96. The molecule has 0 saturated heterocycles. The molecule has 1 aromatic heterocycles. The molecule has 0 aliphatic carbocycles. The zero-order valence-electron chi connectivity index (χ0n) is 22.2. The zero-order chi connectivity index (χ0) is 31.3. The molecule has 226 valence electrons. The minimum atomic E-state index is -5.10. The number of nitrogens with two attached hydrogens (primary N) is 1. The van der Waals surface area contributed by atoms with E-state index in [1.165, 1.54) is 11.5 Å². The number of nitrogens with zero attached hydrogens (tertiary/aromatic N) is 1. The Hall–Kier alpha value is -3.84. The number of benzene rings is 3. The first kappa shape index (κ1) is 30.6. The van der Waals surface area contributed by atoms with Gasteiger partial charge < -0.3 is 10.5 Å². The van der Waals surface area contributed by atoms with E-state index in [4.69, 9.17) is 5.73 Å². The van der Waals surface area contributed by atoms with E-state index in [-0.39, 0.29) is 27.5 Å². The highest BCUT2D eigenvalue weighted by atomic mass is 32.2. The van der Waals surface area contributed by atoms with Crippen LogP contribution >= 0.6 is 11.8 Å². The molecule has 2 atom stereocenters. The highest BCUT2D eigenvalue weighted by molar-refractivity contribution is 7.99. The fraction of sp³-hybridized carbons (Fsp3) is 0.233. The van der Waals surface area contributed by atoms with Crippen LogP contribution in [0.5, 0.6) is 5.75 Å². The van der Waals surface area contributed by atoms with Crippen molar-refractivity contribution in [3.05, 3.63) is 117 Å². The minimum absolute atomic E-state index is 0.0532. The highest BCUT2D eigenvalue weighted by Crippen LogP contribution is 2.44. The van der Waals surface area contributed by atoms with Crippen LogP contribution in [-0.4, -0.2) is 16.7 Å². The van der Waals surface area contributed by atoms with Crippen LogP contribution in [0.4, 0.5) is 35.1 Å². The lowest BCUT2D eigenvalue weighted by Gasteiger charge is -2.25. The quantitative estimate of drug-likeness (QED) is 0.221. The van der Waals surface area contributed by atoms with Gasteiger partial charge in [-0.15, -0.1) is 24.9 Å². The first-order valence-electron chi connectivity index (χ1n) is 12.8. The van der Waals surface area contributed by atoms with E-state index in [2.05, 4.69) is 4.74 Å². The molecule has 1 aliphatic rings. The SMILES string of the molecule is Cc1c(Cc2c(F)cccc2C(F)(F)F)c2n(c(=O)c1-c1ccc(OC(F)(F)F)cc1F)C(C(N)c1ccccc1)CS2. The number of rotatable bonds is 6. The number of pyridine rings is 1. The van der Waals surface area contributed by atoms with Gasteiger partial charge in [0, 0.05) is 29.4 Å². The molecule has 3 aromatic carbocycles. The maximum Gasteiger partial charge on any atom is 0.573 e. The molecule has 4 nitrogen and oxygen atoms in total. The van der Waals surface area contributed by atoms with Crippen molar-refractivity contribution < 1.29 is 39.9 Å². The Kier molecular flexibility index (Phi) is 8.07. The van der Waals surface area contributed by atoms with Gasteiger partial charge in [-0.2, -0.15) is 13.2 Å². The second-order valence-corrected chi connectivity index (χ2v) is 10.9. The van der Waals surface area contributed by atoms with Crippen LogP contribution in [0.25, 0.3) is 11.1 Å². The molecule has 2 unspecified atom stereocenters. The van der Waals surface area contributed by atoms with Crippen LogP contribution in [0.15, 0.2) is 76.6 Å². The second-order valence-electron chi connectivity index (χ2n) is 9.90. The van der Waals surface area contributed by atoms with Gasteiger partial charge in [-0.1, -0.05) is 36.4 Å². The lowest BCUT2D eigenvalue weighted by atomic mass is 9.92. The van der Waals surface area contributed by atoms with Crippen LogP contribution in [0.2, 0.25) is 0 Å². The molecule has 4 aromatic rings. The normalized spacial score (nSPS) is 15.8. The summed E-state index contributed by atoms with van der Waals surface area (Å²) in [5.41, 5.74) is 4.07. The van der Waals surface area contributed by atoms with Gasteiger partial charge in [0.25, 0.3) is 5.56 Å². The summed E-state index contributed by atoms with van der Waals surface area (Å²) >= 11 is 1.15. The van der Waals surface area contributed by atoms with Crippen LogP contribution in [0.3, 0.4) is 0 Å². The Morgan fingerprint density at radius 3 is 2.28 bits per heavy atom. The molecule has 0 spiro atoms. The van der Waals surface area contributed by atoms with Crippen LogP contribution in [-0.2, 0) is 12.6 Å². The summed E-state index contributed by atoms with van der Waals surface area (Å²) in [4.78, 5) is 14.1. The van der Waals surface area contributed by atoms with E-state index in [1.54, 1.807) is 30.3 Å². The molecule has 2 heterocycles. The van der Waals surface area contributed by atoms with Gasteiger partial charge in [-0.05, 0) is 47.9 Å². The maximum absolute atomic E-state index is 15.4. The third kappa shape index (κ3) is 6.00. The third-order valence-electron chi connectivity index (χ3n) is 7.28. The van der Waals surface area contributed by atoms with Crippen molar-refractivity contribution in [1.82, 2.24) is 4.57 Å². The van der Waals surface area contributed by atoms with Crippen molar-refractivity contribution in [2.45, 2.75) is 43.0 Å². The van der Waals surface area contributed by atoms with Crippen LogP contribution in [0.1, 0.15) is 39.9 Å². The van der Waals surface area contributed by atoms with Gasteiger partial charge in [0.15, 0.2) is 0 Å². The largest absolute Gasteiger partial charge is 0.573 e. The Morgan fingerprint density at radius 1 is 0.953 bits per heavy atom. The molecule has 0 saturated carbocycles. The van der Waals surface area contributed by atoms with E-state index in [0.29, 0.717) is 11.6 Å². The number of hydrogen-bond acceptors (Lipinski definition) is 4. The van der Waals surface area contributed by atoms with Gasteiger partial charge in [-0.25, -0.2) is 8.78 Å². The van der Waals surface area contributed by atoms with E-state index >= 15 is 4.39 Å². The predicted molar refractivity (Wildman–Crippen MR) is 145 cm³/mol. The lowest BCUT2D eigenvalue weighted by molar-refractivity contribution is -0.274. The number of thioether (sulfide) groups is 1. The van der Waals surface area contributed by atoms with Gasteiger partial charge in [0.2, 0.25) is 0 Å². The molecule has 5 rings (SSSR count). The number of alkyl halides is 6. The number of ether oxygens (including phenoxy) is 1. The van der Waals surface area contributed by atoms with Crippen LogP contribution in [0, 0.1) is 18.6 Å². The van der Waals surface area contributed by atoms with E-state index in [9.17, 15) is 35.5 Å². The monoisotopic (exact) mass is 626 g/mol. The van der Waals surface area contributed by atoms with Gasteiger partial charge in [0.05, 0.1) is 28.2 Å². The summed E-state index contributed by atoms with van der Waals surface area (Å²) < 4.78 is 115. The summed E-state index contributed by atoms with van der Waals surface area (Å²) in [6, 6.07) is 12.0. The van der Waals surface area contributed by atoms with Gasteiger partial charge in [0.1, 0.15) is 17.4 Å². The Labute approximate surface area is 244 Å². The smallest absolute Gasteiger partial charge is 0.406 e. The zero-order valence-corrected chi connectivity index (χ0v) is 23.0. The van der Waals surface area contributed by atoms with Crippen molar-refractivity contribution in [1.29, 1.82) is 0 Å². The molecule has 1 aliphatic heterocycles. The van der Waals surface area contributed by atoms with E-state index in [1.807, 2.05) is 0 Å². The lowest BCUT2D eigenvalue weighted by Crippen LogP contribution is -2.33. The topological polar surface area (TPSA) is 57.2 Å². The first-order chi connectivity index (χ1) is 20.2. The molecule has 0 radical (unpaired) electrons. The molecular weight excluding hydrogens is 604 g/mol. The number of aromatic nitrogens is 1. The highest BCUT2D eigenvalue weighted by Gasteiger charge is 2.38. The molecule has 2 N–H and O–H groups in total. The molecule has 0 amide bonds.